The van der Waals surface area contributed by atoms with Gasteiger partial charge in [0, 0.05) is 12.3 Å². The molecule has 1 aromatic heterocycles. The minimum Gasteiger partial charge on any atom is -0.497 e. The molecule has 0 unspecified atom stereocenters. The van der Waals surface area contributed by atoms with Crippen LogP contribution in [-0.2, 0) is 0 Å². The monoisotopic (exact) mass is 243 g/mol. The number of rotatable bonds is 3. The van der Waals surface area contributed by atoms with E-state index in [9.17, 15) is 4.79 Å². The normalized spacial score (nSPS) is 9.89. The lowest BCUT2D eigenvalue weighted by Gasteiger charge is -2.04. The molecule has 0 aliphatic carbocycles. The van der Waals surface area contributed by atoms with Crippen molar-refractivity contribution in [1.82, 2.24) is 4.98 Å². The summed E-state index contributed by atoms with van der Waals surface area (Å²) in [6.45, 7) is 1.92. The van der Waals surface area contributed by atoms with Gasteiger partial charge in [0.1, 0.15) is 5.75 Å². The number of esters is 1. The van der Waals surface area contributed by atoms with E-state index < -0.39 is 5.97 Å². The summed E-state index contributed by atoms with van der Waals surface area (Å²) < 4.78 is 10.2. The SMILES string of the molecule is COc1ccc(C(=O)Oc2ccc(C)cn2)cc1. The molecule has 0 saturated carbocycles. The van der Waals surface area contributed by atoms with E-state index in [4.69, 9.17) is 9.47 Å². The molecule has 18 heavy (non-hydrogen) atoms. The summed E-state index contributed by atoms with van der Waals surface area (Å²) in [5.74, 6) is 0.551. The third-order valence-corrected chi connectivity index (χ3v) is 2.41. The van der Waals surface area contributed by atoms with Crippen LogP contribution in [0.2, 0.25) is 0 Å². The van der Waals surface area contributed by atoms with E-state index in [1.807, 2.05) is 13.0 Å². The lowest BCUT2D eigenvalue weighted by Crippen LogP contribution is -2.09. The number of nitrogens with zero attached hydrogens (tertiary/aromatic N) is 1. The first-order valence-electron chi connectivity index (χ1n) is 5.48. The topological polar surface area (TPSA) is 48.4 Å². The molecule has 0 saturated heterocycles. The summed E-state index contributed by atoms with van der Waals surface area (Å²) in [5.41, 5.74) is 1.47. The van der Waals surface area contributed by atoms with Crippen LogP contribution < -0.4 is 9.47 Å². The van der Waals surface area contributed by atoms with Crippen molar-refractivity contribution in [2.45, 2.75) is 6.92 Å². The van der Waals surface area contributed by atoms with Gasteiger partial charge in [0.25, 0.3) is 0 Å². The highest BCUT2D eigenvalue weighted by Crippen LogP contribution is 2.14. The minimum absolute atomic E-state index is 0.293. The van der Waals surface area contributed by atoms with Crippen LogP contribution in [0.5, 0.6) is 11.6 Å². The zero-order chi connectivity index (χ0) is 13.0. The van der Waals surface area contributed by atoms with Gasteiger partial charge in [-0.05, 0) is 36.8 Å². The molecule has 0 fully saturated rings. The van der Waals surface area contributed by atoms with Gasteiger partial charge in [0.15, 0.2) is 0 Å². The Morgan fingerprint density at radius 3 is 2.39 bits per heavy atom. The van der Waals surface area contributed by atoms with E-state index in [2.05, 4.69) is 4.98 Å². The van der Waals surface area contributed by atoms with Crippen LogP contribution in [0, 0.1) is 6.92 Å². The molecule has 92 valence electrons. The molecular formula is C14H13NO3. The van der Waals surface area contributed by atoms with Gasteiger partial charge < -0.3 is 9.47 Å². The van der Waals surface area contributed by atoms with Crippen molar-refractivity contribution >= 4 is 5.97 Å². The van der Waals surface area contributed by atoms with Crippen LogP contribution in [0.1, 0.15) is 15.9 Å². The second kappa shape index (κ2) is 5.31. The molecular weight excluding hydrogens is 230 g/mol. The van der Waals surface area contributed by atoms with Crippen molar-refractivity contribution in [2.75, 3.05) is 7.11 Å². The fourth-order valence-electron chi connectivity index (χ4n) is 1.40. The van der Waals surface area contributed by atoms with E-state index in [0.29, 0.717) is 17.2 Å². The maximum atomic E-state index is 11.8. The second-order valence-electron chi connectivity index (χ2n) is 3.79. The van der Waals surface area contributed by atoms with Crippen molar-refractivity contribution in [3.8, 4) is 11.6 Å². The molecule has 0 N–H and O–H groups in total. The van der Waals surface area contributed by atoms with Crippen LogP contribution in [-0.4, -0.2) is 18.1 Å². The molecule has 0 aliphatic heterocycles. The third kappa shape index (κ3) is 2.85. The molecule has 2 rings (SSSR count). The largest absolute Gasteiger partial charge is 0.497 e. The molecule has 0 spiro atoms. The van der Waals surface area contributed by atoms with Gasteiger partial charge in [-0.25, -0.2) is 9.78 Å². The number of hydrogen-bond donors (Lipinski definition) is 0. The predicted molar refractivity (Wildman–Crippen MR) is 66.9 cm³/mol. The maximum Gasteiger partial charge on any atom is 0.344 e. The molecule has 2 aromatic rings. The number of carbonyl (C=O) groups is 1. The van der Waals surface area contributed by atoms with Gasteiger partial charge in [-0.1, -0.05) is 6.07 Å². The second-order valence-corrected chi connectivity index (χ2v) is 3.79. The van der Waals surface area contributed by atoms with Crippen molar-refractivity contribution in [2.24, 2.45) is 0 Å². The fraction of sp³-hybridized carbons (Fsp3) is 0.143. The van der Waals surface area contributed by atoms with E-state index in [1.165, 1.54) is 0 Å². The molecule has 4 nitrogen and oxygen atoms in total. The van der Waals surface area contributed by atoms with Crippen LogP contribution in [0.25, 0.3) is 0 Å². The number of methoxy groups -OCH3 is 1. The molecule has 0 amide bonds. The standard InChI is InChI=1S/C14H13NO3/c1-10-3-8-13(15-9-10)18-14(16)11-4-6-12(17-2)7-5-11/h3-9H,1-2H3. The molecule has 0 radical (unpaired) electrons. The first-order valence-corrected chi connectivity index (χ1v) is 5.48. The average Bonchev–Trinajstić information content (AvgIpc) is 2.41. The van der Waals surface area contributed by atoms with Crippen molar-refractivity contribution in [3.63, 3.8) is 0 Å². The van der Waals surface area contributed by atoms with E-state index in [0.717, 1.165) is 5.56 Å². The van der Waals surface area contributed by atoms with Crippen LogP contribution in [0.4, 0.5) is 0 Å². The molecule has 0 aliphatic rings. The summed E-state index contributed by atoms with van der Waals surface area (Å²) in [6.07, 6.45) is 1.65. The highest BCUT2D eigenvalue weighted by Gasteiger charge is 2.09. The fourth-order valence-corrected chi connectivity index (χ4v) is 1.40. The Kier molecular flexibility index (Phi) is 3.57. The summed E-state index contributed by atoms with van der Waals surface area (Å²) in [5, 5.41) is 0. The Labute approximate surface area is 105 Å². The predicted octanol–water partition coefficient (Wildman–Crippen LogP) is 2.62. The van der Waals surface area contributed by atoms with Crippen LogP contribution in [0.15, 0.2) is 42.6 Å². The lowest BCUT2D eigenvalue weighted by atomic mass is 10.2. The Balaban J connectivity index is 2.09. The first-order chi connectivity index (χ1) is 8.69. The van der Waals surface area contributed by atoms with Gasteiger partial charge in [-0.2, -0.15) is 0 Å². The number of carbonyl (C=O) groups excluding carboxylic acids is 1. The smallest absolute Gasteiger partial charge is 0.344 e. The van der Waals surface area contributed by atoms with Crippen molar-refractivity contribution < 1.29 is 14.3 Å². The average molecular weight is 243 g/mol. The van der Waals surface area contributed by atoms with Gasteiger partial charge in [0.2, 0.25) is 5.88 Å². The number of hydrogen-bond acceptors (Lipinski definition) is 4. The number of aromatic nitrogens is 1. The Bertz CT molecular complexity index is 532. The molecule has 0 atom stereocenters. The molecule has 0 bridgehead atoms. The molecule has 1 heterocycles. The third-order valence-electron chi connectivity index (χ3n) is 2.41. The van der Waals surface area contributed by atoms with E-state index in [-0.39, 0.29) is 0 Å². The summed E-state index contributed by atoms with van der Waals surface area (Å²) in [6, 6.07) is 10.2. The summed E-state index contributed by atoms with van der Waals surface area (Å²) in [4.78, 5) is 15.8. The summed E-state index contributed by atoms with van der Waals surface area (Å²) >= 11 is 0. The number of benzene rings is 1. The van der Waals surface area contributed by atoms with Gasteiger partial charge in [-0.15, -0.1) is 0 Å². The van der Waals surface area contributed by atoms with Crippen molar-refractivity contribution in [1.29, 1.82) is 0 Å². The quantitative estimate of drug-likeness (QED) is 0.777. The first kappa shape index (κ1) is 12.1. The van der Waals surface area contributed by atoms with Gasteiger partial charge in [-0.3, -0.25) is 0 Å². The van der Waals surface area contributed by atoms with Crippen LogP contribution >= 0.6 is 0 Å². The maximum absolute atomic E-state index is 11.8. The Morgan fingerprint density at radius 2 is 1.83 bits per heavy atom. The van der Waals surface area contributed by atoms with Crippen LogP contribution in [0.3, 0.4) is 0 Å². The number of ether oxygens (including phenoxy) is 2. The van der Waals surface area contributed by atoms with Gasteiger partial charge in [0.05, 0.1) is 12.7 Å². The van der Waals surface area contributed by atoms with Gasteiger partial charge >= 0.3 is 5.97 Å². The molecule has 1 aromatic carbocycles. The highest BCUT2D eigenvalue weighted by atomic mass is 16.5. The zero-order valence-electron chi connectivity index (χ0n) is 10.2. The van der Waals surface area contributed by atoms with Crippen molar-refractivity contribution in [3.05, 3.63) is 53.7 Å². The van der Waals surface area contributed by atoms with E-state index >= 15 is 0 Å². The number of pyridine rings is 1. The number of aryl methyl sites for hydroxylation is 1. The Hall–Kier alpha value is -2.36. The zero-order valence-corrected chi connectivity index (χ0v) is 10.2. The lowest BCUT2D eigenvalue weighted by molar-refractivity contribution is 0.0727. The van der Waals surface area contributed by atoms with E-state index in [1.54, 1.807) is 43.6 Å². The Morgan fingerprint density at radius 1 is 1.11 bits per heavy atom. The highest BCUT2D eigenvalue weighted by molar-refractivity contribution is 5.90. The summed E-state index contributed by atoms with van der Waals surface area (Å²) in [7, 11) is 1.57. The molecule has 4 heteroatoms. The minimum atomic E-state index is -0.436.